The van der Waals surface area contributed by atoms with Crippen LogP contribution in [0.25, 0.3) is 0 Å². The van der Waals surface area contributed by atoms with Crippen LogP contribution in [0.15, 0.2) is 5.16 Å². The molecule has 0 fully saturated rings. The van der Waals surface area contributed by atoms with Gasteiger partial charge in [-0.1, -0.05) is 5.16 Å². The van der Waals surface area contributed by atoms with Crippen LogP contribution < -0.4 is 0 Å². The predicted molar refractivity (Wildman–Crippen MR) is 58.5 cm³/mol. The average Bonchev–Trinajstić information content (AvgIpc) is 2.62. The van der Waals surface area contributed by atoms with Gasteiger partial charge in [-0.2, -0.15) is 0 Å². The van der Waals surface area contributed by atoms with Crippen LogP contribution in [0.4, 0.5) is 0 Å². The summed E-state index contributed by atoms with van der Waals surface area (Å²) in [5, 5.41) is 21.5. The van der Waals surface area contributed by atoms with Crippen molar-refractivity contribution in [3.63, 3.8) is 0 Å². The number of aliphatic carboxylic acids is 1. The molecule has 1 amide bonds. The number of likely N-dealkylation sites (N-methyl/N-ethyl adjacent to an activating group) is 1. The second kappa shape index (κ2) is 4.70. The van der Waals surface area contributed by atoms with Crippen LogP contribution in [0, 0.1) is 0 Å². The fraction of sp³-hybridized carbons (Fsp3) is 0.700. The highest BCUT2D eigenvalue weighted by atomic mass is 16.6. The molecule has 0 aromatic carbocycles. The third-order valence-corrected chi connectivity index (χ3v) is 2.19. The normalized spacial score (nSPS) is 19.5. The number of carboxylic acid groups (broad SMARTS) is 1. The number of amides is 1. The summed E-state index contributed by atoms with van der Waals surface area (Å²) >= 11 is 0. The summed E-state index contributed by atoms with van der Waals surface area (Å²) in [5.41, 5.74) is -1.18. The predicted octanol–water partition coefficient (Wildman–Crippen LogP) is -0.555. The maximum absolute atomic E-state index is 11.8. The van der Waals surface area contributed by atoms with E-state index in [1.54, 1.807) is 13.8 Å². The summed E-state index contributed by atoms with van der Waals surface area (Å²) in [7, 11) is 1.52. The van der Waals surface area contributed by atoms with Gasteiger partial charge < -0.3 is 20.0 Å². The van der Waals surface area contributed by atoms with Crippen LogP contribution in [-0.4, -0.2) is 58.0 Å². The van der Waals surface area contributed by atoms with E-state index < -0.39 is 23.6 Å². The van der Waals surface area contributed by atoms with Crippen molar-refractivity contribution in [1.82, 2.24) is 4.90 Å². The molecule has 1 rings (SSSR count). The first-order valence-electron chi connectivity index (χ1n) is 5.14. The van der Waals surface area contributed by atoms with Crippen molar-refractivity contribution in [2.45, 2.75) is 32.0 Å². The first-order valence-corrected chi connectivity index (χ1v) is 5.14. The smallest absolute Gasteiger partial charge is 0.353 e. The van der Waals surface area contributed by atoms with Gasteiger partial charge in [0.1, 0.15) is 0 Å². The third-order valence-electron chi connectivity index (χ3n) is 2.19. The molecule has 1 aliphatic rings. The second-order valence-electron chi connectivity index (χ2n) is 4.65. The highest BCUT2D eigenvalue weighted by molar-refractivity contribution is 6.36. The molecule has 0 aromatic rings. The van der Waals surface area contributed by atoms with Crippen LogP contribution in [0.2, 0.25) is 0 Å². The molecule has 0 bridgehead atoms. The number of carbonyl (C=O) groups is 2. The summed E-state index contributed by atoms with van der Waals surface area (Å²) in [5.74, 6) is -1.59. The van der Waals surface area contributed by atoms with Crippen LogP contribution in [0.1, 0.15) is 20.3 Å². The number of aliphatic hydroxyl groups is 1. The molecule has 1 heterocycles. The summed E-state index contributed by atoms with van der Waals surface area (Å²) < 4.78 is 0. The Kier molecular flexibility index (Phi) is 3.72. The molecule has 0 spiro atoms. The lowest BCUT2D eigenvalue weighted by Gasteiger charge is -2.26. The van der Waals surface area contributed by atoms with Crippen LogP contribution in [-0.2, 0) is 14.4 Å². The van der Waals surface area contributed by atoms with Crippen molar-refractivity contribution in [2.75, 3.05) is 13.6 Å². The number of carboxylic acids is 1. The van der Waals surface area contributed by atoms with E-state index in [0.717, 1.165) is 0 Å². The van der Waals surface area contributed by atoms with Crippen molar-refractivity contribution in [1.29, 1.82) is 0 Å². The Morgan fingerprint density at radius 2 is 2.18 bits per heavy atom. The summed E-state index contributed by atoms with van der Waals surface area (Å²) in [6, 6.07) is 0. The van der Waals surface area contributed by atoms with Crippen LogP contribution in [0.3, 0.4) is 0 Å². The van der Waals surface area contributed by atoms with Gasteiger partial charge in [0.15, 0.2) is 5.71 Å². The lowest BCUT2D eigenvalue weighted by Crippen LogP contribution is -2.44. The summed E-state index contributed by atoms with van der Waals surface area (Å²) in [6.07, 6.45) is -0.960. The van der Waals surface area contributed by atoms with E-state index in [4.69, 9.17) is 9.94 Å². The van der Waals surface area contributed by atoms with E-state index in [-0.39, 0.29) is 18.7 Å². The van der Waals surface area contributed by atoms with Gasteiger partial charge >= 0.3 is 5.97 Å². The first-order chi connectivity index (χ1) is 7.70. The van der Waals surface area contributed by atoms with Gasteiger partial charge in [-0.15, -0.1) is 0 Å². The largest absolute Gasteiger partial charge is 0.477 e. The van der Waals surface area contributed by atoms with E-state index in [1.165, 1.54) is 11.9 Å². The zero-order valence-corrected chi connectivity index (χ0v) is 10.0. The Morgan fingerprint density at radius 1 is 1.59 bits per heavy atom. The van der Waals surface area contributed by atoms with Gasteiger partial charge in [0.25, 0.3) is 5.91 Å². The van der Waals surface area contributed by atoms with E-state index in [9.17, 15) is 14.7 Å². The molecule has 7 nitrogen and oxygen atoms in total. The Hall–Kier alpha value is -1.63. The van der Waals surface area contributed by atoms with E-state index in [1.807, 2.05) is 0 Å². The van der Waals surface area contributed by atoms with Crippen molar-refractivity contribution in [3.8, 4) is 0 Å². The molecule has 0 radical (unpaired) electrons. The summed E-state index contributed by atoms with van der Waals surface area (Å²) in [6.45, 7) is 3.28. The van der Waals surface area contributed by atoms with E-state index in [0.29, 0.717) is 0 Å². The fourth-order valence-corrected chi connectivity index (χ4v) is 1.54. The second-order valence-corrected chi connectivity index (χ2v) is 4.65. The number of oxime groups is 1. The monoisotopic (exact) mass is 244 g/mol. The molecule has 0 aromatic heterocycles. The molecule has 1 atom stereocenters. The summed E-state index contributed by atoms with van der Waals surface area (Å²) in [4.78, 5) is 28.5. The van der Waals surface area contributed by atoms with Crippen molar-refractivity contribution in [2.24, 2.45) is 5.16 Å². The fourth-order valence-electron chi connectivity index (χ4n) is 1.54. The number of hydrogen-bond acceptors (Lipinski definition) is 5. The first kappa shape index (κ1) is 13.4. The molecule has 0 saturated heterocycles. The van der Waals surface area contributed by atoms with Crippen LogP contribution >= 0.6 is 0 Å². The lowest BCUT2D eigenvalue weighted by molar-refractivity contribution is -0.143. The quantitative estimate of drug-likeness (QED) is 0.691. The maximum Gasteiger partial charge on any atom is 0.353 e. The Balaban J connectivity index is 2.54. The Bertz CT molecular complexity index is 358. The minimum absolute atomic E-state index is 0.0512. The molecule has 96 valence electrons. The highest BCUT2D eigenvalue weighted by Crippen LogP contribution is 2.14. The van der Waals surface area contributed by atoms with Crippen LogP contribution in [0.5, 0.6) is 0 Å². The van der Waals surface area contributed by atoms with Gasteiger partial charge in [0.2, 0.25) is 6.10 Å². The van der Waals surface area contributed by atoms with Gasteiger partial charge in [-0.25, -0.2) is 4.79 Å². The molecule has 1 aliphatic heterocycles. The molecular weight excluding hydrogens is 228 g/mol. The van der Waals surface area contributed by atoms with Crippen molar-refractivity contribution in [3.05, 3.63) is 0 Å². The van der Waals surface area contributed by atoms with Crippen molar-refractivity contribution < 1.29 is 24.6 Å². The Morgan fingerprint density at radius 3 is 2.59 bits per heavy atom. The molecule has 0 saturated carbocycles. The van der Waals surface area contributed by atoms with E-state index >= 15 is 0 Å². The number of nitrogens with zero attached hydrogens (tertiary/aromatic N) is 2. The zero-order chi connectivity index (χ0) is 13.2. The third kappa shape index (κ3) is 3.70. The van der Waals surface area contributed by atoms with Gasteiger partial charge in [-0.05, 0) is 13.8 Å². The van der Waals surface area contributed by atoms with Gasteiger partial charge in [0, 0.05) is 20.0 Å². The minimum Gasteiger partial charge on any atom is -0.477 e. The average molecular weight is 244 g/mol. The number of hydrogen-bond donors (Lipinski definition) is 2. The van der Waals surface area contributed by atoms with E-state index in [2.05, 4.69) is 5.16 Å². The maximum atomic E-state index is 11.8. The van der Waals surface area contributed by atoms with Gasteiger partial charge in [-0.3, -0.25) is 4.79 Å². The standard InChI is InChI=1S/C10H16N2O5/c1-10(2,16)5-12(3)8(13)7-4-6(9(14)15)11-17-7/h7,16H,4-5H2,1-3H3,(H,14,15). The topological polar surface area (TPSA) is 99.4 Å². The lowest BCUT2D eigenvalue weighted by atomic mass is 10.1. The molecule has 1 unspecified atom stereocenters. The number of rotatable bonds is 4. The molecule has 7 heteroatoms. The molecule has 17 heavy (non-hydrogen) atoms. The molecular formula is C10H16N2O5. The Labute approximate surface area is 98.7 Å². The highest BCUT2D eigenvalue weighted by Gasteiger charge is 2.34. The number of carbonyl (C=O) groups excluding carboxylic acids is 1. The zero-order valence-electron chi connectivity index (χ0n) is 10.0. The SMILES string of the molecule is CN(CC(C)(C)O)C(=O)C1CC(C(=O)O)=NO1. The van der Waals surface area contributed by atoms with Gasteiger partial charge in [0.05, 0.1) is 5.60 Å². The molecule has 0 aliphatic carbocycles. The van der Waals surface area contributed by atoms with Crippen molar-refractivity contribution >= 4 is 17.6 Å². The minimum atomic E-state index is -1.19. The molecule has 2 N–H and O–H groups in total.